The van der Waals surface area contributed by atoms with Crippen LogP contribution in [-0.2, 0) is 10.8 Å². The van der Waals surface area contributed by atoms with Gasteiger partial charge in [0.2, 0.25) is 0 Å². The van der Waals surface area contributed by atoms with Crippen molar-refractivity contribution < 1.29 is 9.47 Å². The van der Waals surface area contributed by atoms with E-state index in [4.69, 9.17) is 9.47 Å². The van der Waals surface area contributed by atoms with Crippen LogP contribution in [0.1, 0.15) is 52.2 Å². The van der Waals surface area contributed by atoms with Crippen molar-refractivity contribution in [1.29, 1.82) is 0 Å². The number of ether oxygens (including phenoxy) is 2. The van der Waals surface area contributed by atoms with E-state index in [-0.39, 0.29) is 10.8 Å². The van der Waals surface area contributed by atoms with Crippen LogP contribution in [0.2, 0.25) is 13.1 Å². The van der Waals surface area contributed by atoms with Crippen LogP contribution in [0, 0.1) is 0 Å². The standard InChI is InChI=1S/C22H33O2Si/c1-21(2,3)16-14-17(23-6)20(25(8)9)18(19(16)24-7)22(4,5)15-12-10-11-13-15/h10,12-14H,11H2,1-9H3. The lowest BCUT2D eigenvalue weighted by atomic mass is 9.74. The first-order valence-corrected chi connectivity index (χ1v) is 11.5. The maximum absolute atomic E-state index is 6.05. The van der Waals surface area contributed by atoms with Gasteiger partial charge in [-0.05, 0) is 28.7 Å². The normalized spacial score (nSPS) is 14.9. The van der Waals surface area contributed by atoms with Crippen LogP contribution >= 0.6 is 0 Å². The van der Waals surface area contributed by atoms with Gasteiger partial charge in [0.05, 0.1) is 23.0 Å². The molecule has 0 aliphatic heterocycles. The first-order valence-electron chi connectivity index (χ1n) is 9.03. The molecule has 1 radical (unpaired) electrons. The maximum atomic E-state index is 6.05. The highest BCUT2D eigenvalue weighted by atomic mass is 28.3. The Labute approximate surface area is 155 Å². The summed E-state index contributed by atoms with van der Waals surface area (Å²) in [6.45, 7) is 16.0. The van der Waals surface area contributed by atoms with E-state index in [2.05, 4.69) is 72.0 Å². The van der Waals surface area contributed by atoms with Crippen LogP contribution in [0.3, 0.4) is 0 Å². The zero-order valence-electron chi connectivity index (χ0n) is 17.3. The van der Waals surface area contributed by atoms with E-state index >= 15 is 0 Å². The second-order valence-corrected chi connectivity index (χ2v) is 11.1. The topological polar surface area (TPSA) is 18.5 Å². The zero-order chi connectivity index (χ0) is 19.0. The predicted octanol–water partition coefficient (Wildman–Crippen LogP) is 5.13. The molecule has 0 heterocycles. The van der Waals surface area contributed by atoms with Gasteiger partial charge >= 0.3 is 0 Å². The van der Waals surface area contributed by atoms with E-state index in [9.17, 15) is 0 Å². The molecule has 25 heavy (non-hydrogen) atoms. The summed E-state index contributed by atoms with van der Waals surface area (Å²) in [5, 5.41) is 1.35. The summed E-state index contributed by atoms with van der Waals surface area (Å²) < 4.78 is 11.9. The van der Waals surface area contributed by atoms with Crippen molar-refractivity contribution in [3.8, 4) is 11.5 Å². The molecule has 0 saturated carbocycles. The lowest BCUT2D eigenvalue weighted by Crippen LogP contribution is -2.37. The minimum absolute atomic E-state index is 0.0176. The molecule has 2 nitrogen and oxygen atoms in total. The largest absolute Gasteiger partial charge is 0.497 e. The third kappa shape index (κ3) is 3.57. The third-order valence-corrected chi connectivity index (χ3v) is 6.59. The number of rotatable bonds is 5. The fourth-order valence-electron chi connectivity index (χ4n) is 3.73. The Balaban J connectivity index is 2.93. The molecule has 137 valence electrons. The monoisotopic (exact) mass is 357 g/mol. The van der Waals surface area contributed by atoms with E-state index in [1.165, 1.54) is 21.9 Å². The first kappa shape index (κ1) is 19.8. The fourth-order valence-corrected chi connectivity index (χ4v) is 5.32. The third-order valence-electron chi connectivity index (χ3n) is 5.09. The summed E-state index contributed by atoms with van der Waals surface area (Å²) in [6, 6.07) is 2.20. The van der Waals surface area contributed by atoms with Crippen LogP contribution in [0.5, 0.6) is 11.5 Å². The molecule has 1 aliphatic carbocycles. The van der Waals surface area contributed by atoms with E-state index in [1.807, 2.05) is 0 Å². The second-order valence-electron chi connectivity index (χ2n) is 8.58. The van der Waals surface area contributed by atoms with Crippen LogP contribution in [-0.4, -0.2) is 23.0 Å². The average molecular weight is 358 g/mol. The van der Waals surface area contributed by atoms with Crippen LogP contribution in [0.25, 0.3) is 0 Å². The van der Waals surface area contributed by atoms with Crippen molar-refractivity contribution in [1.82, 2.24) is 0 Å². The van der Waals surface area contributed by atoms with Crippen molar-refractivity contribution in [2.45, 2.75) is 65.0 Å². The number of hydrogen-bond acceptors (Lipinski definition) is 2. The van der Waals surface area contributed by atoms with Crippen molar-refractivity contribution in [3.63, 3.8) is 0 Å². The molecule has 1 aromatic rings. The molecule has 0 unspecified atom stereocenters. The van der Waals surface area contributed by atoms with E-state index in [0.717, 1.165) is 17.9 Å². The molecule has 3 heteroatoms. The summed E-state index contributed by atoms with van der Waals surface area (Å²) in [5.74, 6) is 2.04. The smallest absolute Gasteiger partial charge is 0.126 e. The van der Waals surface area contributed by atoms with Gasteiger partial charge in [-0.2, -0.15) is 0 Å². The number of allylic oxidation sites excluding steroid dienone is 4. The van der Waals surface area contributed by atoms with Gasteiger partial charge in [-0.1, -0.05) is 65.9 Å². The van der Waals surface area contributed by atoms with Gasteiger partial charge in [0.1, 0.15) is 11.5 Å². The molecule has 0 aromatic heterocycles. The van der Waals surface area contributed by atoms with E-state index in [0.29, 0.717) is 0 Å². The minimum Gasteiger partial charge on any atom is -0.497 e. The molecule has 0 N–H and O–H groups in total. The molecule has 0 fully saturated rings. The molecular formula is C22H33O2Si. The van der Waals surface area contributed by atoms with Gasteiger partial charge in [0, 0.05) is 16.5 Å². The molecular weight excluding hydrogens is 324 g/mol. The van der Waals surface area contributed by atoms with Gasteiger partial charge in [0.25, 0.3) is 0 Å². The Kier molecular flexibility index (Phi) is 5.58. The number of hydrogen-bond donors (Lipinski definition) is 0. The Morgan fingerprint density at radius 1 is 1.00 bits per heavy atom. The average Bonchev–Trinajstić information content (AvgIpc) is 3.06. The number of benzene rings is 1. The molecule has 2 rings (SSSR count). The predicted molar refractivity (Wildman–Crippen MR) is 110 cm³/mol. The molecule has 0 spiro atoms. The minimum atomic E-state index is -0.744. The Hall–Kier alpha value is -1.48. The lowest BCUT2D eigenvalue weighted by molar-refractivity contribution is 0.377. The van der Waals surface area contributed by atoms with Crippen LogP contribution < -0.4 is 14.7 Å². The quantitative estimate of drug-likeness (QED) is 0.680. The summed E-state index contributed by atoms with van der Waals surface area (Å²) in [6.07, 6.45) is 7.84. The van der Waals surface area contributed by atoms with E-state index < -0.39 is 8.80 Å². The summed E-state index contributed by atoms with van der Waals surface area (Å²) in [5.41, 5.74) is 3.74. The van der Waals surface area contributed by atoms with Gasteiger partial charge in [-0.3, -0.25) is 0 Å². The lowest BCUT2D eigenvalue weighted by Gasteiger charge is -2.36. The molecule has 1 aromatic carbocycles. The first-order chi connectivity index (χ1) is 11.6. The molecule has 0 atom stereocenters. The van der Waals surface area contributed by atoms with Crippen LogP contribution in [0.15, 0.2) is 29.9 Å². The Bertz CT molecular complexity index is 704. The Morgan fingerprint density at radius 2 is 1.64 bits per heavy atom. The van der Waals surface area contributed by atoms with Crippen molar-refractivity contribution >= 4 is 14.0 Å². The van der Waals surface area contributed by atoms with Crippen molar-refractivity contribution in [3.05, 3.63) is 41.0 Å². The molecule has 0 bridgehead atoms. The summed E-state index contributed by atoms with van der Waals surface area (Å²) >= 11 is 0. The van der Waals surface area contributed by atoms with Gasteiger partial charge in [0.15, 0.2) is 0 Å². The van der Waals surface area contributed by atoms with Gasteiger partial charge in [-0.15, -0.1) is 0 Å². The molecule has 0 amide bonds. The summed E-state index contributed by atoms with van der Waals surface area (Å²) in [4.78, 5) is 0. The highest BCUT2D eigenvalue weighted by Crippen LogP contribution is 2.45. The van der Waals surface area contributed by atoms with Crippen LogP contribution in [0.4, 0.5) is 0 Å². The second kappa shape index (κ2) is 7.03. The van der Waals surface area contributed by atoms with Gasteiger partial charge in [-0.25, -0.2) is 0 Å². The fraction of sp³-hybridized carbons (Fsp3) is 0.545. The summed E-state index contributed by atoms with van der Waals surface area (Å²) in [7, 11) is 2.84. The SMILES string of the molecule is COc1cc(C(C)(C)C)c(OC)c(C(C)(C)C2=CCC=C2)c1[Si](C)C. The van der Waals surface area contributed by atoms with Crippen molar-refractivity contribution in [2.24, 2.45) is 0 Å². The molecule has 1 aliphatic rings. The maximum Gasteiger partial charge on any atom is 0.126 e. The van der Waals surface area contributed by atoms with Gasteiger partial charge < -0.3 is 9.47 Å². The highest BCUT2D eigenvalue weighted by Gasteiger charge is 2.37. The zero-order valence-corrected chi connectivity index (χ0v) is 18.3. The molecule has 0 saturated heterocycles. The Morgan fingerprint density at radius 3 is 2.04 bits per heavy atom. The van der Waals surface area contributed by atoms with E-state index in [1.54, 1.807) is 14.2 Å². The van der Waals surface area contributed by atoms with Crippen molar-refractivity contribution in [2.75, 3.05) is 14.2 Å². The highest BCUT2D eigenvalue weighted by molar-refractivity contribution is 6.72. The number of methoxy groups -OCH3 is 2.